The summed E-state index contributed by atoms with van der Waals surface area (Å²) in [7, 11) is 0. The molecule has 0 bridgehead atoms. The molecule has 0 aliphatic rings. The number of nitrogens with zero attached hydrogens (tertiary/aromatic N) is 3. The molecule has 2 heterocycles. The van der Waals surface area contributed by atoms with Crippen LogP contribution >= 0.6 is 15.9 Å². The van der Waals surface area contributed by atoms with E-state index in [9.17, 15) is 0 Å². The molecule has 1 N–H and O–H groups in total. The first-order valence-corrected chi connectivity index (χ1v) is 6.36. The standard InChI is InChI=1S/C13H11BrN4/c1-9-2-4-10(5-3-9)16-13-15-8-11-6-7-12(14)18(11)17-13/h2-8H,1H3,(H,16,17). The van der Waals surface area contributed by atoms with Crippen molar-refractivity contribution in [2.24, 2.45) is 0 Å². The third-order valence-electron chi connectivity index (χ3n) is 2.66. The molecule has 0 saturated carbocycles. The van der Waals surface area contributed by atoms with Crippen molar-refractivity contribution in [2.75, 3.05) is 5.32 Å². The van der Waals surface area contributed by atoms with E-state index in [4.69, 9.17) is 0 Å². The summed E-state index contributed by atoms with van der Waals surface area (Å²) in [5.41, 5.74) is 3.16. The molecule has 2 aromatic heterocycles. The average molecular weight is 303 g/mol. The minimum atomic E-state index is 0.572. The van der Waals surface area contributed by atoms with Gasteiger partial charge in [-0.1, -0.05) is 17.7 Å². The lowest BCUT2D eigenvalue weighted by molar-refractivity contribution is 0.894. The van der Waals surface area contributed by atoms with Crippen LogP contribution in [0, 0.1) is 6.92 Å². The van der Waals surface area contributed by atoms with E-state index in [1.807, 2.05) is 36.4 Å². The van der Waals surface area contributed by atoms with Gasteiger partial charge in [0.15, 0.2) is 0 Å². The van der Waals surface area contributed by atoms with Crippen molar-refractivity contribution in [2.45, 2.75) is 6.92 Å². The molecule has 3 aromatic rings. The third-order valence-corrected chi connectivity index (χ3v) is 3.26. The highest BCUT2D eigenvalue weighted by Crippen LogP contribution is 2.17. The fraction of sp³-hybridized carbons (Fsp3) is 0.0769. The predicted molar refractivity (Wildman–Crippen MR) is 75.1 cm³/mol. The number of nitrogens with one attached hydrogen (secondary N) is 1. The van der Waals surface area contributed by atoms with Crippen LogP contribution in [0.2, 0.25) is 0 Å². The number of aromatic nitrogens is 3. The van der Waals surface area contributed by atoms with E-state index in [-0.39, 0.29) is 0 Å². The minimum Gasteiger partial charge on any atom is -0.323 e. The van der Waals surface area contributed by atoms with Crippen molar-refractivity contribution in [3.05, 3.63) is 52.8 Å². The Morgan fingerprint density at radius 1 is 1.11 bits per heavy atom. The van der Waals surface area contributed by atoms with Crippen molar-refractivity contribution in [1.29, 1.82) is 0 Å². The monoisotopic (exact) mass is 302 g/mol. The van der Waals surface area contributed by atoms with Crippen LogP contribution in [-0.2, 0) is 0 Å². The lowest BCUT2D eigenvalue weighted by atomic mass is 10.2. The molecule has 4 nitrogen and oxygen atoms in total. The Morgan fingerprint density at radius 2 is 1.89 bits per heavy atom. The average Bonchev–Trinajstić information content (AvgIpc) is 2.74. The van der Waals surface area contributed by atoms with Gasteiger partial charge in [-0.3, -0.25) is 0 Å². The van der Waals surface area contributed by atoms with Crippen molar-refractivity contribution in [1.82, 2.24) is 14.6 Å². The van der Waals surface area contributed by atoms with E-state index < -0.39 is 0 Å². The van der Waals surface area contributed by atoms with Gasteiger partial charge in [-0.25, -0.2) is 9.50 Å². The molecule has 0 aliphatic carbocycles. The van der Waals surface area contributed by atoms with Crippen LogP contribution in [0.5, 0.6) is 0 Å². The number of anilines is 2. The first-order chi connectivity index (χ1) is 8.72. The highest BCUT2D eigenvalue weighted by atomic mass is 79.9. The number of rotatable bonds is 2. The van der Waals surface area contributed by atoms with Crippen LogP contribution in [0.3, 0.4) is 0 Å². The highest BCUT2D eigenvalue weighted by molar-refractivity contribution is 9.10. The number of halogens is 1. The van der Waals surface area contributed by atoms with Gasteiger partial charge in [0.25, 0.3) is 0 Å². The molecule has 0 amide bonds. The Bertz CT molecular complexity index is 688. The Balaban J connectivity index is 1.94. The summed E-state index contributed by atoms with van der Waals surface area (Å²) in [4.78, 5) is 4.27. The maximum absolute atomic E-state index is 4.40. The number of hydrogen-bond donors (Lipinski definition) is 1. The van der Waals surface area contributed by atoms with Gasteiger partial charge in [-0.2, -0.15) is 0 Å². The van der Waals surface area contributed by atoms with Crippen LogP contribution in [0.1, 0.15) is 5.56 Å². The zero-order valence-electron chi connectivity index (χ0n) is 9.76. The number of hydrogen-bond acceptors (Lipinski definition) is 3. The fourth-order valence-corrected chi connectivity index (χ4v) is 2.11. The van der Waals surface area contributed by atoms with Crippen LogP contribution in [-0.4, -0.2) is 14.6 Å². The summed E-state index contributed by atoms with van der Waals surface area (Å²) in [6.07, 6.45) is 1.79. The van der Waals surface area contributed by atoms with Gasteiger partial charge in [0, 0.05) is 5.69 Å². The SMILES string of the molecule is Cc1ccc(Nc2ncc3ccc(Br)n3n2)cc1. The van der Waals surface area contributed by atoms with Crippen LogP contribution in [0.15, 0.2) is 47.2 Å². The molecule has 1 aromatic carbocycles. The Morgan fingerprint density at radius 3 is 2.67 bits per heavy atom. The molecule has 90 valence electrons. The van der Waals surface area contributed by atoms with Gasteiger partial charge in [-0.05, 0) is 47.1 Å². The van der Waals surface area contributed by atoms with E-state index in [0.717, 1.165) is 15.8 Å². The largest absolute Gasteiger partial charge is 0.323 e. The summed E-state index contributed by atoms with van der Waals surface area (Å²) >= 11 is 3.44. The number of fused-ring (bicyclic) bond motifs is 1. The molecule has 0 spiro atoms. The van der Waals surface area contributed by atoms with Gasteiger partial charge in [0.2, 0.25) is 5.95 Å². The smallest absolute Gasteiger partial charge is 0.245 e. The Kier molecular flexibility index (Phi) is 2.76. The number of benzene rings is 1. The Hall–Kier alpha value is -1.88. The molecule has 5 heteroatoms. The molecule has 0 aliphatic heterocycles. The van der Waals surface area contributed by atoms with E-state index in [2.05, 4.69) is 38.3 Å². The molecular formula is C13H11BrN4. The van der Waals surface area contributed by atoms with E-state index >= 15 is 0 Å². The first kappa shape index (κ1) is 11.2. The van der Waals surface area contributed by atoms with E-state index in [0.29, 0.717) is 5.95 Å². The Labute approximate surface area is 113 Å². The topological polar surface area (TPSA) is 42.2 Å². The molecule has 0 fully saturated rings. The van der Waals surface area contributed by atoms with Crippen molar-refractivity contribution < 1.29 is 0 Å². The molecule has 18 heavy (non-hydrogen) atoms. The third kappa shape index (κ3) is 2.09. The molecule has 0 radical (unpaired) electrons. The summed E-state index contributed by atoms with van der Waals surface area (Å²) < 4.78 is 2.70. The zero-order chi connectivity index (χ0) is 12.5. The normalized spacial score (nSPS) is 10.8. The second-order valence-corrected chi connectivity index (χ2v) is 4.88. The van der Waals surface area contributed by atoms with Gasteiger partial charge < -0.3 is 5.32 Å². The molecule has 3 rings (SSSR count). The van der Waals surface area contributed by atoms with Crippen LogP contribution in [0.4, 0.5) is 11.6 Å². The summed E-state index contributed by atoms with van der Waals surface area (Å²) in [5, 5.41) is 7.58. The van der Waals surface area contributed by atoms with Crippen LogP contribution in [0.25, 0.3) is 5.52 Å². The van der Waals surface area contributed by atoms with E-state index in [1.54, 1.807) is 10.7 Å². The quantitative estimate of drug-likeness (QED) is 0.787. The van der Waals surface area contributed by atoms with Crippen LogP contribution < -0.4 is 5.32 Å². The van der Waals surface area contributed by atoms with Crippen molar-refractivity contribution in [3.8, 4) is 0 Å². The second kappa shape index (κ2) is 4.42. The van der Waals surface area contributed by atoms with Gasteiger partial charge in [-0.15, -0.1) is 5.10 Å². The maximum Gasteiger partial charge on any atom is 0.245 e. The minimum absolute atomic E-state index is 0.572. The fourth-order valence-electron chi connectivity index (χ4n) is 1.69. The predicted octanol–water partition coefficient (Wildman–Crippen LogP) is 3.54. The lowest BCUT2D eigenvalue weighted by Crippen LogP contribution is -2.01. The second-order valence-electron chi connectivity index (χ2n) is 4.07. The maximum atomic E-state index is 4.40. The van der Waals surface area contributed by atoms with Crippen molar-refractivity contribution in [3.63, 3.8) is 0 Å². The summed E-state index contributed by atoms with van der Waals surface area (Å²) in [5.74, 6) is 0.572. The lowest BCUT2D eigenvalue weighted by Gasteiger charge is -2.05. The molecular weight excluding hydrogens is 292 g/mol. The van der Waals surface area contributed by atoms with Gasteiger partial charge >= 0.3 is 0 Å². The molecule has 0 atom stereocenters. The van der Waals surface area contributed by atoms with Gasteiger partial charge in [0.05, 0.1) is 11.7 Å². The zero-order valence-corrected chi connectivity index (χ0v) is 11.3. The molecule has 0 unspecified atom stereocenters. The summed E-state index contributed by atoms with van der Waals surface area (Å²) in [6.45, 7) is 2.06. The first-order valence-electron chi connectivity index (χ1n) is 5.56. The molecule has 0 saturated heterocycles. The van der Waals surface area contributed by atoms with E-state index in [1.165, 1.54) is 5.56 Å². The summed E-state index contributed by atoms with van der Waals surface area (Å²) in [6, 6.07) is 12.0. The van der Waals surface area contributed by atoms with Crippen molar-refractivity contribution >= 4 is 33.1 Å². The highest BCUT2D eigenvalue weighted by Gasteiger charge is 2.03. The number of aryl methyl sites for hydroxylation is 1. The van der Waals surface area contributed by atoms with Gasteiger partial charge in [0.1, 0.15) is 4.60 Å².